The van der Waals surface area contributed by atoms with Crippen LogP contribution in [0.3, 0.4) is 0 Å². The van der Waals surface area contributed by atoms with E-state index in [1.165, 1.54) is 35.6 Å². The summed E-state index contributed by atoms with van der Waals surface area (Å²) in [6.07, 6.45) is 9.84. The molecule has 0 fully saturated rings. The molecule has 27 heavy (non-hydrogen) atoms. The Balaban J connectivity index is -0.00000144. The quantitative estimate of drug-likeness (QED) is 0.301. The van der Waals surface area contributed by atoms with Crippen molar-refractivity contribution in [1.29, 1.82) is 0 Å². The van der Waals surface area contributed by atoms with Crippen LogP contribution in [0.1, 0.15) is 56.7 Å². The van der Waals surface area contributed by atoms with Gasteiger partial charge in [0.1, 0.15) is 0 Å². The first-order valence-corrected chi connectivity index (χ1v) is 11.9. The van der Waals surface area contributed by atoms with Crippen molar-refractivity contribution in [3.63, 3.8) is 0 Å². The van der Waals surface area contributed by atoms with Gasteiger partial charge in [0.05, 0.1) is 8.07 Å². The molecule has 1 aliphatic rings. The molecule has 0 amide bonds. The van der Waals surface area contributed by atoms with Gasteiger partial charge in [-0.25, -0.2) is 5.20 Å². The molecular weight excluding hydrogens is 447 g/mol. The van der Waals surface area contributed by atoms with E-state index in [2.05, 4.69) is 72.4 Å². The molecule has 1 unspecified atom stereocenters. The van der Waals surface area contributed by atoms with Crippen LogP contribution in [0, 0.1) is 32.8 Å². The third kappa shape index (κ3) is 7.05. The van der Waals surface area contributed by atoms with E-state index in [1.54, 1.807) is 16.0 Å². The number of allylic oxidation sites excluding steroid dienone is 4. The minimum absolute atomic E-state index is 0. The maximum Gasteiger partial charge on any atom is 4.00 e. The molecular formula is C22H33Cl3SiTi. The van der Waals surface area contributed by atoms with Crippen molar-refractivity contribution in [3.8, 4) is 0 Å². The predicted octanol–water partition coefficient (Wildman–Crippen LogP) is -3.04. The van der Waals surface area contributed by atoms with Crippen molar-refractivity contribution in [1.82, 2.24) is 0 Å². The molecule has 0 saturated carbocycles. The number of unbranched alkanes of at least 4 members (excludes halogenated alkanes) is 1. The normalized spacial score (nSPS) is 14.7. The molecule has 2 rings (SSSR count). The van der Waals surface area contributed by atoms with Gasteiger partial charge in [0, 0.05) is 0 Å². The van der Waals surface area contributed by atoms with E-state index in [1.807, 2.05) is 0 Å². The third-order valence-electron chi connectivity index (χ3n) is 5.32. The number of hydrogen-bond acceptors (Lipinski definition) is 0. The Kier molecular flexibility index (Phi) is 16.3. The summed E-state index contributed by atoms with van der Waals surface area (Å²) in [6.45, 7) is 16.4. The van der Waals surface area contributed by atoms with Crippen LogP contribution in [-0.4, -0.2) is 8.07 Å². The summed E-state index contributed by atoms with van der Waals surface area (Å²) in [4.78, 5) is 0. The second-order valence-electron chi connectivity index (χ2n) is 7.78. The molecule has 1 aromatic carbocycles. The average Bonchev–Trinajstić information content (AvgIpc) is 2.94. The van der Waals surface area contributed by atoms with Gasteiger partial charge < -0.3 is 37.2 Å². The summed E-state index contributed by atoms with van der Waals surface area (Å²) in [6, 6.07) is 6.11. The molecule has 1 aliphatic carbocycles. The van der Waals surface area contributed by atoms with E-state index in [4.69, 9.17) is 0 Å². The van der Waals surface area contributed by atoms with Gasteiger partial charge in [-0.05, 0) is 20.8 Å². The maximum absolute atomic E-state index is 3.79. The van der Waals surface area contributed by atoms with Gasteiger partial charge in [-0.1, -0.05) is 86.1 Å². The molecule has 0 bridgehead atoms. The molecule has 1 aromatic rings. The Morgan fingerprint density at radius 2 is 1.56 bits per heavy atom. The third-order valence-corrected chi connectivity index (χ3v) is 10.1. The first-order valence-electron chi connectivity index (χ1n) is 9.21. The fourth-order valence-corrected chi connectivity index (χ4v) is 9.68. The van der Waals surface area contributed by atoms with Crippen LogP contribution in [0.5, 0.6) is 0 Å². The molecule has 0 spiro atoms. The van der Waals surface area contributed by atoms with E-state index >= 15 is 0 Å². The Labute approximate surface area is 202 Å². The standard InChI is InChI=1S/C22H33Si.3ClH.Ti/c1-8-9-13-23(7,21-12-10-11-20(21)16(2)3)22-18(5)14-17(4)15-19(22)6;;;;/h11,14-16H,8-10,13H2,1-7H3;3*1H;/q-1;;;;+4/p-3. The summed E-state index contributed by atoms with van der Waals surface area (Å²) in [7, 11) is -1.71. The van der Waals surface area contributed by atoms with E-state index in [-0.39, 0.29) is 58.9 Å². The van der Waals surface area contributed by atoms with Crippen LogP contribution in [0.15, 0.2) is 29.0 Å². The van der Waals surface area contributed by atoms with Gasteiger partial charge in [0.15, 0.2) is 0 Å². The molecule has 1 atom stereocenters. The minimum Gasteiger partial charge on any atom is -1.00 e. The topological polar surface area (TPSA) is 0 Å². The number of hydrogen-bond donors (Lipinski definition) is 0. The molecule has 0 radical (unpaired) electrons. The Morgan fingerprint density at radius 3 is 2.00 bits per heavy atom. The zero-order valence-electron chi connectivity index (χ0n) is 17.8. The molecule has 0 saturated heterocycles. The summed E-state index contributed by atoms with van der Waals surface area (Å²) in [5.41, 5.74) is 5.96. The average molecular weight is 480 g/mol. The molecule has 0 aliphatic heterocycles. The predicted molar refractivity (Wildman–Crippen MR) is 106 cm³/mol. The van der Waals surface area contributed by atoms with Crippen LogP contribution >= 0.6 is 0 Å². The van der Waals surface area contributed by atoms with Crippen LogP contribution in [0.25, 0.3) is 0 Å². The fourth-order valence-electron chi connectivity index (χ4n) is 4.46. The Morgan fingerprint density at radius 1 is 1.04 bits per heavy atom. The van der Waals surface area contributed by atoms with Crippen molar-refractivity contribution < 1.29 is 58.9 Å². The van der Waals surface area contributed by atoms with Crippen molar-refractivity contribution in [2.45, 2.75) is 73.4 Å². The number of rotatable bonds is 6. The molecule has 5 heteroatoms. The van der Waals surface area contributed by atoms with Gasteiger partial charge >= 0.3 is 21.7 Å². The number of halogens is 3. The van der Waals surface area contributed by atoms with Gasteiger partial charge in [-0.3, -0.25) is 6.08 Å². The summed E-state index contributed by atoms with van der Waals surface area (Å²) < 4.78 is 0. The smallest absolute Gasteiger partial charge is 1.00 e. The van der Waals surface area contributed by atoms with Crippen LogP contribution in [0.4, 0.5) is 0 Å². The Hall–Kier alpha value is 0.501. The first kappa shape index (κ1) is 32.2. The van der Waals surface area contributed by atoms with E-state index in [0.29, 0.717) is 5.92 Å². The summed E-state index contributed by atoms with van der Waals surface area (Å²) >= 11 is 0. The SMILES string of the molecule is CCCC[Si](C)(C1=[C-]CC=C1C(C)C)c1c(C)cc(C)cc1C.[Cl-].[Cl-].[Cl-].[Ti+4]. The second-order valence-corrected chi connectivity index (χ2v) is 11.9. The molecule has 150 valence electrons. The van der Waals surface area contributed by atoms with Gasteiger partial charge in [-0.15, -0.1) is 6.42 Å². The number of aryl methyl sites for hydroxylation is 3. The monoisotopic (exact) mass is 478 g/mol. The van der Waals surface area contributed by atoms with Gasteiger partial charge in [-0.2, -0.15) is 11.6 Å². The van der Waals surface area contributed by atoms with Crippen molar-refractivity contribution in [2.24, 2.45) is 5.92 Å². The van der Waals surface area contributed by atoms with E-state index < -0.39 is 8.07 Å². The maximum atomic E-state index is 3.79. The first-order chi connectivity index (χ1) is 10.8. The van der Waals surface area contributed by atoms with Crippen LogP contribution in [-0.2, 0) is 21.7 Å². The van der Waals surface area contributed by atoms with Crippen molar-refractivity contribution in [2.75, 3.05) is 0 Å². The largest absolute Gasteiger partial charge is 4.00 e. The second kappa shape index (κ2) is 13.7. The van der Waals surface area contributed by atoms with Gasteiger partial charge in [0.2, 0.25) is 0 Å². The summed E-state index contributed by atoms with van der Waals surface area (Å²) in [5.74, 6) is 0.611. The van der Waals surface area contributed by atoms with E-state index in [9.17, 15) is 0 Å². The minimum atomic E-state index is -1.71. The van der Waals surface area contributed by atoms with E-state index in [0.717, 1.165) is 6.42 Å². The molecule has 0 nitrogen and oxygen atoms in total. The molecule has 0 aromatic heterocycles. The zero-order valence-corrected chi connectivity index (χ0v) is 22.6. The zero-order chi connectivity index (χ0) is 17.2. The van der Waals surface area contributed by atoms with Crippen molar-refractivity contribution >= 4 is 13.3 Å². The molecule has 0 N–H and O–H groups in total. The van der Waals surface area contributed by atoms with Crippen LogP contribution < -0.4 is 42.4 Å². The van der Waals surface area contributed by atoms with Crippen LogP contribution in [0.2, 0.25) is 12.6 Å². The summed E-state index contributed by atoms with van der Waals surface area (Å²) in [5, 5.41) is 3.28. The van der Waals surface area contributed by atoms with Gasteiger partial charge in [0.25, 0.3) is 0 Å². The molecule has 0 heterocycles. The fraction of sp³-hybridized carbons (Fsp3) is 0.545. The van der Waals surface area contributed by atoms with Crippen molar-refractivity contribution in [3.05, 3.63) is 51.7 Å². The number of benzene rings is 1. The Bertz CT molecular complexity index is 630.